The zero-order valence-electron chi connectivity index (χ0n) is 12.4. The number of hydrogen-bond donors (Lipinski definition) is 2. The molecular formula is C16H12N6O2. The van der Waals surface area contributed by atoms with E-state index in [9.17, 15) is 4.79 Å². The minimum absolute atomic E-state index is 0.0739. The van der Waals surface area contributed by atoms with Gasteiger partial charge in [0.25, 0.3) is 0 Å². The van der Waals surface area contributed by atoms with Crippen molar-refractivity contribution in [3.05, 3.63) is 54.4 Å². The standard InChI is InChI=1S/C16H12N6O2/c23-14(9-12-10-5-1-2-7-13(10)24-22-12)18-16-19-15(20-21-16)11-6-3-4-8-17-11/h1-8H,9H2,(H2,18,19,20,21,23). The van der Waals surface area contributed by atoms with Crippen LogP contribution in [-0.2, 0) is 11.2 Å². The normalized spacial score (nSPS) is 10.8. The number of benzene rings is 1. The highest BCUT2D eigenvalue weighted by Crippen LogP contribution is 2.18. The fourth-order valence-corrected chi connectivity index (χ4v) is 2.32. The van der Waals surface area contributed by atoms with Crippen LogP contribution in [0.1, 0.15) is 5.69 Å². The summed E-state index contributed by atoms with van der Waals surface area (Å²) in [6.07, 6.45) is 1.73. The number of fused-ring (bicyclic) bond motifs is 1. The molecule has 4 rings (SSSR count). The molecule has 4 aromatic rings. The summed E-state index contributed by atoms with van der Waals surface area (Å²) in [5.41, 5.74) is 1.87. The van der Waals surface area contributed by atoms with Crippen molar-refractivity contribution in [2.24, 2.45) is 0 Å². The van der Waals surface area contributed by atoms with E-state index >= 15 is 0 Å². The number of anilines is 1. The maximum atomic E-state index is 12.2. The lowest BCUT2D eigenvalue weighted by Gasteiger charge is -1.98. The largest absolute Gasteiger partial charge is 0.356 e. The fraction of sp³-hybridized carbons (Fsp3) is 0.0625. The van der Waals surface area contributed by atoms with Crippen molar-refractivity contribution in [2.45, 2.75) is 6.42 Å². The molecule has 8 nitrogen and oxygen atoms in total. The Morgan fingerprint density at radius 2 is 2.04 bits per heavy atom. The van der Waals surface area contributed by atoms with Crippen LogP contribution in [0, 0.1) is 0 Å². The highest BCUT2D eigenvalue weighted by Gasteiger charge is 2.14. The van der Waals surface area contributed by atoms with Crippen molar-refractivity contribution in [3.8, 4) is 11.5 Å². The third-order valence-electron chi connectivity index (χ3n) is 3.42. The molecular weight excluding hydrogens is 308 g/mol. The first-order valence-corrected chi connectivity index (χ1v) is 7.26. The van der Waals surface area contributed by atoms with Gasteiger partial charge in [0.1, 0.15) is 11.4 Å². The number of carbonyl (C=O) groups is 1. The third-order valence-corrected chi connectivity index (χ3v) is 3.42. The number of rotatable bonds is 4. The van der Waals surface area contributed by atoms with Crippen molar-refractivity contribution >= 4 is 22.8 Å². The van der Waals surface area contributed by atoms with Crippen LogP contribution in [0.25, 0.3) is 22.5 Å². The van der Waals surface area contributed by atoms with Crippen LogP contribution in [-0.4, -0.2) is 31.2 Å². The summed E-state index contributed by atoms with van der Waals surface area (Å²) < 4.78 is 5.19. The summed E-state index contributed by atoms with van der Waals surface area (Å²) in [5.74, 6) is 0.395. The number of pyridine rings is 1. The summed E-state index contributed by atoms with van der Waals surface area (Å²) in [5, 5.41) is 14.1. The van der Waals surface area contributed by atoms with Gasteiger partial charge >= 0.3 is 0 Å². The smallest absolute Gasteiger partial charge is 0.249 e. The van der Waals surface area contributed by atoms with Crippen molar-refractivity contribution in [1.29, 1.82) is 0 Å². The van der Waals surface area contributed by atoms with Crippen molar-refractivity contribution in [1.82, 2.24) is 25.3 Å². The topological polar surface area (TPSA) is 110 Å². The lowest BCUT2D eigenvalue weighted by Crippen LogP contribution is -2.15. The molecule has 0 aliphatic heterocycles. The molecule has 0 radical (unpaired) electrons. The van der Waals surface area contributed by atoms with E-state index in [-0.39, 0.29) is 18.3 Å². The van der Waals surface area contributed by atoms with Crippen LogP contribution < -0.4 is 5.32 Å². The molecule has 0 unspecified atom stereocenters. The van der Waals surface area contributed by atoms with Crippen molar-refractivity contribution < 1.29 is 9.32 Å². The average molecular weight is 320 g/mol. The molecule has 0 aliphatic carbocycles. The van der Waals surface area contributed by atoms with E-state index in [2.05, 4.69) is 30.6 Å². The quantitative estimate of drug-likeness (QED) is 0.596. The molecule has 8 heteroatoms. The molecule has 0 bridgehead atoms. The first-order chi connectivity index (χ1) is 11.8. The summed E-state index contributed by atoms with van der Waals surface area (Å²) in [7, 11) is 0. The number of H-pyrrole nitrogens is 1. The predicted molar refractivity (Wildman–Crippen MR) is 86.0 cm³/mol. The van der Waals surface area contributed by atoms with E-state index in [1.807, 2.05) is 30.3 Å². The number of carbonyl (C=O) groups excluding carboxylic acids is 1. The number of nitrogens with one attached hydrogen (secondary N) is 2. The van der Waals surface area contributed by atoms with Gasteiger partial charge in [-0.25, -0.2) is 0 Å². The van der Waals surface area contributed by atoms with E-state index < -0.39 is 0 Å². The first-order valence-electron chi connectivity index (χ1n) is 7.26. The van der Waals surface area contributed by atoms with Gasteiger partial charge in [0.2, 0.25) is 11.9 Å². The molecule has 0 saturated carbocycles. The van der Waals surface area contributed by atoms with Gasteiger partial charge in [0.15, 0.2) is 11.4 Å². The maximum absolute atomic E-state index is 12.2. The number of para-hydroxylation sites is 1. The number of aromatic amines is 1. The Balaban J connectivity index is 1.48. The molecule has 0 spiro atoms. The van der Waals surface area contributed by atoms with Gasteiger partial charge in [-0.05, 0) is 24.3 Å². The minimum Gasteiger partial charge on any atom is -0.356 e. The van der Waals surface area contributed by atoms with Crippen LogP contribution in [0.15, 0.2) is 53.2 Å². The number of amides is 1. The lowest BCUT2D eigenvalue weighted by atomic mass is 10.2. The van der Waals surface area contributed by atoms with E-state index in [4.69, 9.17) is 4.52 Å². The zero-order valence-corrected chi connectivity index (χ0v) is 12.4. The monoisotopic (exact) mass is 320 g/mol. The van der Waals surface area contributed by atoms with E-state index in [0.29, 0.717) is 22.8 Å². The van der Waals surface area contributed by atoms with Gasteiger partial charge < -0.3 is 4.52 Å². The molecule has 1 amide bonds. The zero-order chi connectivity index (χ0) is 16.4. The first kappa shape index (κ1) is 14.1. The van der Waals surface area contributed by atoms with E-state index in [1.54, 1.807) is 18.3 Å². The number of hydrogen-bond acceptors (Lipinski definition) is 6. The van der Waals surface area contributed by atoms with Gasteiger partial charge in [0, 0.05) is 11.6 Å². The Bertz CT molecular complexity index is 992. The van der Waals surface area contributed by atoms with Crippen LogP contribution >= 0.6 is 0 Å². The molecule has 0 saturated heterocycles. The molecule has 0 fully saturated rings. The van der Waals surface area contributed by atoms with Gasteiger partial charge in [-0.1, -0.05) is 23.4 Å². The molecule has 3 aromatic heterocycles. The van der Waals surface area contributed by atoms with Crippen LogP contribution in [0.2, 0.25) is 0 Å². The van der Waals surface area contributed by atoms with Crippen LogP contribution in [0.5, 0.6) is 0 Å². The number of aromatic nitrogens is 5. The molecule has 3 heterocycles. The summed E-state index contributed by atoms with van der Waals surface area (Å²) in [4.78, 5) is 20.5. The minimum atomic E-state index is -0.277. The molecule has 0 aliphatic rings. The van der Waals surface area contributed by atoms with Gasteiger partial charge in [-0.2, -0.15) is 4.98 Å². The highest BCUT2D eigenvalue weighted by atomic mass is 16.5. The Morgan fingerprint density at radius 3 is 2.92 bits per heavy atom. The van der Waals surface area contributed by atoms with Gasteiger partial charge in [-0.15, -0.1) is 5.10 Å². The molecule has 0 atom stereocenters. The molecule has 1 aromatic carbocycles. The Kier molecular flexibility index (Phi) is 3.47. The third kappa shape index (κ3) is 2.72. The Labute approximate surface area is 135 Å². The van der Waals surface area contributed by atoms with E-state index in [1.165, 1.54) is 0 Å². The van der Waals surface area contributed by atoms with Gasteiger partial charge in [-0.3, -0.25) is 20.2 Å². The maximum Gasteiger partial charge on any atom is 0.249 e. The van der Waals surface area contributed by atoms with Crippen molar-refractivity contribution in [2.75, 3.05) is 5.32 Å². The fourth-order valence-electron chi connectivity index (χ4n) is 2.32. The SMILES string of the molecule is O=C(Cc1noc2ccccc12)Nc1n[nH]c(-c2ccccn2)n1. The average Bonchev–Trinajstić information content (AvgIpc) is 3.23. The summed E-state index contributed by atoms with van der Waals surface area (Å²) >= 11 is 0. The van der Waals surface area contributed by atoms with E-state index in [0.717, 1.165) is 5.39 Å². The summed E-state index contributed by atoms with van der Waals surface area (Å²) in [6.45, 7) is 0. The predicted octanol–water partition coefficient (Wildman–Crippen LogP) is 2.19. The second kappa shape index (κ2) is 5.92. The summed E-state index contributed by atoms with van der Waals surface area (Å²) in [6, 6.07) is 12.8. The van der Waals surface area contributed by atoms with Crippen LogP contribution in [0.3, 0.4) is 0 Å². The molecule has 24 heavy (non-hydrogen) atoms. The second-order valence-electron chi connectivity index (χ2n) is 5.07. The second-order valence-corrected chi connectivity index (χ2v) is 5.07. The lowest BCUT2D eigenvalue weighted by molar-refractivity contribution is -0.115. The number of nitrogens with zero attached hydrogens (tertiary/aromatic N) is 4. The van der Waals surface area contributed by atoms with Gasteiger partial charge in [0.05, 0.1) is 6.42 Å². The molecule has 2 N–H and O–H groups in total. The Hall–Kier alpha value is -3.55. The highest BCUT2D eigenvalue weighted by molar-refractivity contribution is 5.93. The van der Waals surface area contributed by atoms with Crippen molar-refractivity contribution in [3.63, 3.8) is 0 Å². The molecule has 118 valence electrons. The van der Waals surface area contributed by atoms with Crippen LogP contribution in [0.4, 0.5) is 5.95 Å². The Morgan fingerprint density at radius 1 is 1.17 bits per heavy atom.